The van der Waals surface area contributed by atoms with Crippen molar-refractivity contribution in [2.45, 2.75) is 31.5 Å². The van der Waals surface area contributed by atoms with E-state index in [0.717, 1.165) is 0 Å². The number of carbonyl (C=O) groups excluding carboxylic acids is 1. The van der Waals surface area contributed by atoms with Gasteiger partial charge >= 0.3 is 21.6 Å². The summed E-state index contributed by atoms with van der Waals surface area (Å²) in [5.41, 5.74) is -5.40. The highest BCUT2D eigenvalue weighted by atomic mass is 32.2. The maximum atomic E-state index is 12.5. The van der Waals surface area contributed by atoms with Crippen molar-refractivity contribution < 1.29 is 31.1 Å². The smallest absolute Gasteiger partial charge is 0.444 e. The number of rotatable bonds is 5. The maximum Gasteiger partial charge on any atom is 0.516 e. The minimum absolute atomic E-state index is 0.0497. The molecular weight excluding hydrogens is 337 g/mol. The molecule has 0 spiro atoms. The van der Waals surface area contributed by atoms with Crippen LogP contribution in [0.4, 0.5) is 23.7 Å². The zero-order valence-electron chi connectivity index (χ0n) is 12.1. The van der Waals surface area contributed by atoms with Gasteiger partial charge < -0.3 is 9.64 Å². The van der Waals surface area contributed by atoms with E-state index in [1.54, 1.807) is 6.07 Å². The molecular formula is C13H15F3N2O4S. The molecule has 1 aliphatic rings. The van der Waals surface area contributed by atoms with Crippen molar-refractivity contribution in [3.8, 4) is 0 Å². The van der Waals surface area contributed by atoms with Gasteiger partial charge in [0.15, 0.2) is 0 Å². The Bertz CT molecular complexity index is 691. The second-order valence-corrected chi connectivity index (χ2v) is 6.68. The minimum Gasteiger partial charge on any atom is -0.444 e. The maximum absolute atomic E-state index is 12.5. The molecule has 0 bridgehead atoms. The van der Waals surface area contributed by atoms with Gasteiger partial charge in [-0.25, -0.2) is 4.79 Å². The third kappa shape index (κ3) is 3.87. The highest BCUT2D eigenvalue weighted by Crippen LogP contribution is 2.28. The Balaban J connectivity index is 2.20. The van der Waals surface area contributed by atoms with Crippen LogP contribution in [0.3, 0.4) is 0 Å². The topological polar surface area (TPSA) is 75.7 Å². The Morgan fingerprint density at radius 2 is 2.00 bits per heavy atom. The fourth-order valence-corrected chi connectivity index (χ4v) is 2.69. The van der Waals surface area contributed by atoms with Crippen molar-refractivity contribution in [1.29, 1.82) is 0 Å². The van der Waals surface area contributed by atoms with Crippen LogP contribution in [-0.4, -0.2) is 37.6 Å². The van der Waals surface area contributed by atoms with Gasteiger partial charge in [-0.3, -0.25) is 4.72 Å². The Morgan fingerprint density at radius 3 is 2.57 bits per heavy atom. The summed E-state index contributed by atoms with van der Waals surface area (Å²) in [6, 6.07) is 5.59. The number of alkyl halides is 3. The zero-order valence-corrected chi connectivity index (χ0v) is 12.9. The average Bonchev–Trinajstić information content (AvgIpc) is 2.80. The quantitative estimate of drug-likeness (QED) is 0.884. The van der Waals surface area contributed by atoms with Gasteiger partial charge in [-0.1, -0.05) is 25.1 Å². The lowest BCUT2D eigenvalue weighted by molar-refractivity contribution is -0.0429. The number of ether oxygens (including phenoxy) is 1. The SMILES string of the molecule is CCC1CN(Cc2ccccc2NS(=O)(=O)C(F)(F)F)C(=O)O1. The Hall–Kier alpha value is -1.97. The number of hydrogen-bond donors (Lipinski definition) is 1. The number of hydrogen-bond acceptors (Lipinski definition) is 4. The second-order valence-electron chi connectivity index (χ2n) is 5.00. The molecule has 0 aliphatic carbocycles. The molecule has 23 heavy (non-hydrogen) atoms. The predicted octanol–water partition coefficient (Wildman–Crippen LogP) is 2.68. The van der Waals surface area contributed by atoms with E-state index in [1.807, 2.05) is 6.92 Å². The van der Waals surface area contributed by atoms with Crippen molar-refractivity contribution in [2.75, 3.05) is 11.3 Å². The number of anilines is 1. The average molecular weight is 352 g/mol. The van der Waals surface area contributed by atoms with E-state index in [2.05, 4.69) is 0 Å². The van der Waals surface area contributed by atoms with Gasteiger partial charge in [-0.05, 0) is 18.1 Å². The standard InChI is InChI=1S/C13H15F3N2O4S/c1-2-10-8-18(12(19)22-10)7-9-5-3-4-6-11(9)17-23(20,21)13(14,15)16/h3-6,10,17H,2,7-8H2,1H3. The van der Waals surface area contributed by atoms with Crippen LogP contribution in [0.5, 0.6) is 0 Å². The zero-order chi connectivity index (χ0) is 17.3. The number of halogens is 3. The summed E-state index contributed by atoms with van der Waals surface area (Å²) >= 11 is 0. The van der Waals surface area contributed by atoms with Gasteiger partial charge in [0.2, 0.25) is 0 Å². The van der Waals surface area contributed by atoms with Crippen molar-refractivity contribution in [1.82, 2.24) is 4.90 Å². The van der Waals surface area contributed by atoms with Crippen molar-refractivity contribution >= 4 is 21.8 Å². The van der Waals surface area contributed by atoms with Gasteiger partial charge in [0.1, 0.15) is 6.10 Å². The molecule has 0 saturated carbocycles. The van der Waals surface area contributed by atoms with E-state index in [4.69, 9.17) is 4.74 Å². The van der Waals surface area contributed by atoms with E-state index in [-0.39, 0.29) is 23.9 Å². The molecule has 1 N–H and O–H groups in total. The number of nitrogens with zero attached hydrogens (tertiary/aromatic N) is 1. The number of para-hydroxylation sites is 1. The number of nitrogens with one attached hydrogen (secondary N) is 1. The summed E-state index contributed by atoms with van der Waals surface area (Å²) in [6.45, 7) is 2.09. The van der Waals surface area contributed by atoms with Gasteiger partial charge in [0.05, 0.1) is 18.8 Å². The first-order chi connectivity index (χ1) is 10.6. The van der Waals surface area contributed by atoms with Crippen LogP contribution in [0, 0.1) is 0 Å². The highest BCUT2D eigenvalue weighted by Gasteiger charge is 2.46. The second kappa shape index (κ2) is 6.26. The van der Waals surface area contributed by atoms with E-state index < -0.39 is 21.6 Å². The van der Waals surface area contributed by atoms with Gasteiger partial charge in [-0.2, -0.15) is 21.6 Å². The molecule has 1 heterocycles. The lowest BCUT2D eigenvalue weighted by Gasteiger charge is -2.17. The molecule has 1 aliphatic heterocycles. The molecule has 1 aromatic rings. The predicted molar refractivity (Wildman–Crippen MR) is 76.0 cm³/mol. The monoisotopic (exact) mass is 352 g/mol. The molecule has 0 radical (unpaired) electrons. The van der Waals surface area contributed by atoms with Gasteiger partial charge in [-0.15, -0.1) is 0 Å². The fraction of sp³-hybridized carbons (Fsp3) is 0.462. The third-order valence-corrected chi connectivity index (χ3v) is 4.43. The Kier molecular flexibility index (Phi) is 4.73. The Labute approximate surface area is 131 Å². The lowest BCUT2D eigenvalue weighted by Crippen LogP contribution is -2.31. The normalized spacial score (nSPS) is 18.9. The molecule has 2 rings (SSSR count). The van der Waals surface area contributed by atoms with E-state index in [1.165, 1.54) is 27.8 Å². The van der Waals surface area contributed by atoms with Crippen LogP contribution < -0.4 is 4.72 Å². The number of cyclic esters (lactones) is 1. The van der Waals surface area contributed by atoms with Crippen LogP contribution >= 0.6 is 0 Å². The third-order valence-electron chi connectivity index (χ3n) is 3.33. The molecule has 1 aromatic carbocycles. The van der Waals surface area contributed by atoms with Crippen LogP contribution in [0.25, 0.3) is 0 Å². The van der Waals surface area contributed by atoms with E-state index in [9.17, 15) is 26.4 Å². The molecule has 1 saturated heterocycles. The molecule has 1 fully saturated rings. The van der Waals surface area contributed by atoms with Crippen LogP contribution in [0.1, 0.15) is 18.9 Å². The molecule has 1 amide bonds. The van der Waals surface area contributed by atoms with E-state index in [0.29, 0.717) is 13.0 Å². The van der Waals surface area contributed by atoms with Gasteiger partial charge in [0, 0.05) is 0 Å². The van der Waals surface area contributed by atoms with Gasteiger partial charge in [0.25, 0.3) is 0 Å². The number of carbonyl (C=O) groups is 1. The number of sulfonamides is 1. The number of amides is 1. The van der Waals surface area contributed by atoms with Crippen LogP contribution in [-0.2, 0) is 21.3 Å². The Morgan fingerprint density at radius 1 is 1.35 bits per heavy atom. The van der Waals surface area contributed by atoms with Crippen LogP contribution in [0.2, 0.25) is 0 Å². The molecule has 0 aromatic heterocycles. The fourth-order valence-electron chi connectivity index (χ4n) is 2.08. The first-order valence-electron chi connectivity index (χ1n) is 6.76. The van der Waals surface area contributed by atoms with Crippen molar-refractivity contribution in [2.24, 2.45) is 0 Å². The van der Waals surface area contributed by atoms with Crippen LogP contribution in [0.15, 0.2) is 24.3 Å². The van der Waals surface area contributed by atoms with Crippen molar-refractivity contribution in [3.63, 3.8) is 0 Å². The summed E-state index contributed by atoms with van der Waals surface area (Å²) < 4.78 is 66.5. The lowest BCUT2D eigenvalue weighted by atomic mass is 10.1. The summed E-state index contributed by atoms with van der Waals surface area (Å²) in [5, 5.41) is 0. The van der Waals surface area contributed by atoms with Crippen molar-refractivity contribution in [3.05, 3.63) is 29.8 Å². The summed E-state index contributed by atoms with van der Waals surface area (Å²) in [6.07, 6.45) is -0.239. The molecule has 6 nitrogen and oxygen atoms in total. The largest absolute Gasteiger partial charge is 0.516 e. The minimum atomic E-state index is -5.52. The first-order valence-corrected chi connectivity index (χ1v) is 8.25. The van der Waals surface area contributed by atoms with E-state index >= 15 is 0 Å². The molecule has 10 heteroatoms. The molecule has 1 atom stereocenters. The summed E-state index contributed by atoms with van der Waals surface area (Å²) in [4.78, 5) is 13.0. The number of benzene rings is 1. The summed E-state index contributed by atoms with van der Waals surface area (Å²) in [5.74, 6) is 0. The molecule has 128 valence electrons. The first kappa shape index (κ1) is 17.4. The summed E-state index contributed by atoms with van der Waals surface area (Å²) in [7, 11) is -5.52. The highest BCUT2D eigenvalue weighted by molar-refractivity contribution is 7.93. The molecule has 1 unspecified atom stereocenters.